The monoisotopic (exact) mass is 278 g/mol. The van der Waals surface area contributed by atoms with Crippen LogP contribution in [0.5, 0.6) is 0 Å². The van der Waals surface area contributed by atoms with Crippen molar-refractivity contribution in [1.29, 1.82) is 0 Å². The van der Waals surface area contributed by atoms with Crippen LogP contribution in [0.3, 0.4) is 0 Å². The van der Waals surface area contributed by atoms with Crippen LogP contribution < -0.4 is 0 Å². The molecule has 6 heteroatoms. The second-order valence-corrected chi connectivity index (χ2v) is 4.87. The van der Waals surface area contributed by atoms with E-state index in [9.17, 15) is 9.59 Å². The molecule has 1 aromatic heterocycles. The maximum absolute atomic E-state index is 12.4. The van der Waals surface area contributed by atoms with Gasteiger partial charge in [0.1, 0.15) is 11.4 Å². The van der Waals surface area contributed by atoms with Gasteiger partial charge in [-0.15, -0.1) is 0 Å². The first kappa shape index (κ1) is 14.5. The van der Waals surface area contributed by atoms with Crippen LogP contribution in [0.15, 0.2) is 18.2 Å². The van der Waals surface area contributed by atoms with Gasteiger partial charge in [-0.2, -0.15) is 0 Å². The average molecular weight is 278 g/mol. The largest absolute Gasteiger partial charge is 0.477 e. The Morgan fingerprint density at radius 1 is 1.30 bits per heavy atom. The third-order valence-electron chi connectivity index (χ3n) is 3.54. The number of aromatic nitrogens is 1. The van der Waals surface area contributed by atoms with E-state index in [0.717, 1.165) is 19.3 Å². The molecule has 1 aromatic rings. The summed E-state index contributed by atoms with van der Waals surface area (Å²) in [6.07, 6.45) is 3.37. The van der Waals surface area contributed by atoms with E-state index in [-0.39, 0.29) is 29.9 Å². The Balaban J connectivity index is 2.20. The van der Waals surface area contributed by atoms with E-state index in [1.54, 1.807) is 4.90 Å². The zero-order chi connectivity index (χ0) is 14.5. The van der Waals surface area contributed by atoms with Gasteiger partial charge in [0.15, 0.2) is 0 Å². The van der Waals surface area contributed by atoms with Crippen LogP contribution in [0.4, 0.5) is 0 Å². The molecule has 1 amide bonds. The lowest BCUT2D eigenvalue weighted by Gasteiger charge is -2.35. The second kappa shape index (κ2) is 6.47. The van der Waals surface area contributed by atoms with Gasteiger partial charge in [0.05, 0.1) is 0 Å². The number of nitrogens with zero attached hydrogens (tertiary/aromatic N) is 2. The fourth-order valence-electron chi connectivity index (χ4n) is 2.54. The maximum atomic E-state index is 12.4. The number of aliphatic hydroxyl groups is 1. The number of piperidine rings is 1. The molecule has 20 heavy (non-hydrogen) atoms. The van der Waals surface area contributed by atoms with Crippen LogP contribution >= 0.6 is 0 Å². The van der Waals surface area contributed by atoms with Crippen LogP contribution in [-0.4, -0.2) is 51.2 Å². The van der Waals surface area contributed by atoms with Crippen LogP contribution in [0.1, 0.15) is 46.7 Å². The number of hydrogen-bond donors (Lipinski definition) is 2. The summed E-state index contributed by atoms with van der Waals surface area (Å²) >= 11 is 0. The summed E-state index contributed by atoms with van der Waals surface area (Å²) in [6.45, 7) is 0.666. The summed E-state index contributed by atoms with van der Waals surface area (Å²) in [5.41, 5.74) is 0.0151. The van der Waals surface area contributed by atoms with Gasteiger partial charge in [0.25, 0.3) is 5.91 Å². The van der Waals surface area contributed by atoms with Crippen LogP contribution in [0.2, 0.25) is 0 Å². The van der Waals surface area contributed by atoms with Crippen LogP contribution in [0.25, 0.3) is 0 Å². The van der Waals surface area contributed by atoms with Gasteiger partial charge in [0, 0.05) is 19.2 Å². The Morgan fingerprint density at radius 2 is 2.05 bits per heavy atom. The van der Waals surface area contributed by atoms with E-state index in [4.69, 9.17) is 10.2 Å². The van der Waals surface area contributed by atoms with Gasteiger partial charge in [-0.3, -0.25) is 4.79 Å². The molecule has 0 aliphatic carbocycles. The van der Waals surface area contributed by atoms with E-state index in [1.165, 1.54) is 18.2 Å². The third-order valence-corrected chi connectivity index (χ3v) is 3.54. The predicted octanol–water partition coefficient (Wildman–Crippen LogP) is 1.16. The summed E-state index contributed by atoms with van der Waals surface area (Å²) in [4.78, 5) is 28.9. The van der Waals surface area contributed by atoms with Gasteiger partial charge in [0.2, 0.25) is 0 Å². The molecule has 0 radical (unpaired) electrons. The van der Waals surface area contributed by atoms with Crippen molar-refractivity contribution < 1.29 is 19.8 Å². The molecule has 1 aliphatic rings. The third kappa shape index (κ3) is 3.14. The number of hydrogen-bond acceptors (Lipinski definition) is 4. The fourth-order valence-corrected chi connectivity index (χ4v) is 2.54. The highest BCUT2D eigenvalue weighted by Gasteiger charge is 2.28. The van der Waals surface area contributed by atoms with Crippen LogP contribution in [-0.2, 0) is 0 Å². The van der Waals surface area contributed by atoms with E-state index >= 15 is 0 Å². The quantitative estimate of drug-likeness (QED) is 0.862. The molecule has 0 aromatic carbocycles. The predicted molar refractivity (Wildman–Crippen MR) is 71.6 cm³/mol. The summed E-state index contributed by atoms with van der Waals surface area (Å²) in [5, 5.41) is 18.0. The molecule has 1 fully saturated rings. The molecule has 2 heterocycles. The average Bonchev–Trinajstić information content (AvgIpc) is 2.47. The van der Waals surface area contributed by atoms with Gasteiger partial charge in [-0.1, -0.05) is 6.07 Å². The number of aromatic carboxylic acids is 1. The van der Waals surface area contributed by atoms with Crippen molar-refractivity contribution in [3.05, 3.63) is 29.6 Å². The van der Waals surface area contributed by atoms with Crippen molar-refractivity contribution in [3.63, 3.8) is 0 Å². The summed E-state index contributed by atoms with van der Waals surface area (Å²) in [5.74, 6) is -1.41. The topological polar surface area (TPSA) is 90.7 Å². The Hall–Kier alpha value is -1.95. The number of carbonyl (C=O) groups is 2. The number of aliphatic hydroxyl groups excluding tert-OH is 1. The number of pyridine rings is 1. The first-order chi connectivity index (χ1) is 9.63. The maximum Gasteiger partial charge on any atom is 0.354 e. The minimum absolute atomic E-state index is 0.0107. The smallest absolute Gasteiger partial charge is 0.354 e. The highest BCUT2D eigenvalue weighted by Crippen LogP contribution is 2.21. The van der Waals surface area contributed by atoms with Crippen molar-refractivity contribution in [1.82, 2.24) is 9.88 Å². The Kier molecular flexibility index (Phi) is 4.68. The molecule has 1 unspecified atom stereocenters. The Labute approximate surface area is 117 Å². The number of amides is 1. The summed E-state index contributed by atoms with van der Waals surface area (Å²) < 4.78 is 0. The first-order valence-electron chi connectivity index (χ1n) is 6.75. The molecule has 1 atom stereocenters. The standard InChI is InChI=1S/C14H18N2O4/c17-9-7-10-4-1-2-8-16(10)13(18)11-5-3-6-12(15-11)14(19)20/h3,5-6,10,17H,1-2,4,7-9H2,(H,19,20). The molecule has 1 aliphatic heterocycles. The SMILES string of the molecule is O=C(O)c1cccc(C(=O)N2CCCCC2CCO)n1. The minimum Gasteiger partial charge on any atom is -0.477 e. The lowest BCUT2D eigenvalue weighted by molar-refractivity contribution is 0.0568. The van der Waals surface area contributed by atoms with Gasteiger partial charge in [-0.05, 0) is 37.8 Å². The molecule has 1 saturated heterocycles. The first-order valence-corrected chi connectivity index (χ1v) is 6.75. The van der Waals surface area contributed by atoms with E-state index in [1.807, 2.05) is 0 Å². The molecule has 0 spiro atoms. The number of likely N-dealkylation sites (tertiary alicyclic amines) is 1. The molecule has 6 nitrogen and oxygen atoms in total. The van der Waals surface area contributed by atoms with Crippen molar-refractivity contribution in [3.8, 4) is 0 Å². The minimum atomic E-state index is -1.15. The number of carboxylic acids is 1. The van der Waals surface area contributed by atoms with E-state index in [2.05, 4.69) is 4.98 Å². The summed E-state index contributed by atoms with van der Waals surface area (Å²) in [7, 11) is 0. The molecule has 2 N–H and O–H groups in total. The van der Waals surface area contributed by atoms with Crippen LogP contribution in [0, 0.1) is 0 Å². The van der Waals surface area contributed by atoms with Gasteiger partial charge in [-0.25, -0.2) is 9.78 Å². The Morgan fingerprint density at radius 3 is 2.75 bits per heavy atom. The molecule has 0 saturated carbocycles. The Bertz CT molecular complexity index is 502. The van der Waals surface area contributed by atoms with E-state index in [0.29, 0.717) is 13.0 Å². The van der Waals surface area contributed by atoms with Crippen molar-refractivity contribution >= 4 is 11.9 Å². The number of carbonyl (C=O) groups excluding carboxylic acids is 1. The number of carboxylic acid groups (broad SMARTS) is 1. The van der Waals surface area contributed by atoms with Crippen molar-refractivity contribution in [2.75, 3.05) is 13.2 Å². The van der Waals surface area contributed by atoms with E-state index < -0.39 is 5.97 Å². The highest BCUT2D eigenvalue weighted by atomic mass is 16.4. The van der Waals surface area contributed by atoms with Gasteiger partial charge < -0.3 is 15.1 Å². The summed E-state index contributed by atoms with van der Waals surface area (Å²) in [6, 6.07) is 4.42. The zero-order valence-electron chi connectivity index (χ0n) is 11.2. The lowest BCUT2D eigenvalue weighted by Crippen LogP contribution is -2.44. The number of rotatable bonds is 4. The molecule has 0 bridgehead atoms. The normalized spacial score (nSPS) is 18.9. The molecular formula is C14H18N2O4. The highest BCUT2D eigenvalue weighted by molar-refractivity contribution is 5.94. The van der Waals surface area contributed by atoms with Crippen molar-refractivity contribution in [2.24, 2.45) is 0 Å². The lowest BCUT2D eigenvalue weighted by atomic mass is 9.99. The van der Waals surface area contributed by atoms with Gasteiger partial charge >= 0.3 is 5.97 Å². The zero-order valence-corrected chi connectivity index (χ0v) is 11.2. The van der Waals surface area contributed by atoms with Crippen molar-refractivity contribution in [2.45, 2.75) is 31.7 Å². The molecule has 2 rings (SSSR count). The second-order valence-electron chi connectivity index (χ2n) is 4.87. The fraction of sp³-hybridized carbons (Fsp3) is 0.500. The molecule has 108 valence electrons. The molecular weight excluding hydrogens is 260 g/mol.